The maximum Gasteiger partial charge on any atom is 0.168 e. The van der Waals surface area contributed by atoms with Crippen LogP contribution in [-0.4, -0.2) is 10.1 Å². The monoisotopic (exact) mass is 250 g/mol. The van der Waals surface area contributed by atoms with Gasteiger partial charge in [0.1, 0.15) is 0 Å². The van der Waals surface area contributed by atoms with Crippen molar-refractivity contribution in [2.24, 2.45) is 0 Å². The lowest BCUT2D eigenvalue weighted by Crippen LogP contribution is -1.91. The van der Waals surface area contributed by atoms with Gasteiger partial charge in [-0.25, -0.2) is 0 Å². The lowest BCUT2D eigenvalue weighted by Gasteiger charge is -2.08. The van der Waals surface area contributed by atoms with Crippen molar-refractivity contribution in [3.63, 3.8) is 0 Å². The molecule has 0 radical (unpaired) electrons. The van der Waals surface area contributed by atoms with Crippen LogP contribution < -0.4 is 0 Å². The first-order valence-corrected chi connectivity index (χ1v) is 6.34. The molecule has 0 unspecified atom stereocenters. The van der Waals surface area contributed by atoms with Gasteiger partial charge in [0, 0.05) is 23.5 Å². The minimum Gasteiger partial charge on any atom is -0.356 e. The minimum atomic E-state index is 0.744. The molecule has 0 amide bonds. The second kappa shape index (κ2) is 5.06. The molecule has 94 valence electrons. The molecule has 3 nitrogen and oxygen atoms in total. The average molecular weight is 250 g/mol. The standard InChI is InChI=1S/C16H14N2O/c1-2-13-10-14(12-6-4-3-5-7-12)15(11-17-13)16-8-9-18-19-16/h3-11H,2H2,1H3. The molecule has 0 saturated heterocycles. The van der Waals surface area contributed by atoms with Crippen molar-refractivity contribution in [1.29, 1.82) is 0 Å². The molecule has 0 aliphatic rings. The molecule has 1 aromatic carbocycles. The Hall–Kier alpha value is -2.42. The van der Waals surface area contributed by atoms with E-state index in [-0.39, 0.29) is 0 Å². The molecule has 0 atom stereocenters. The van der Waals surface area contributed by atoms with Crippen molar-refractivity contribution in [1.82, 2.24) is 10.1 Å². The number of aryl methyl sites for hydroxylation is 1. The lowest BCUT2D eigenvalue weighted by atomic mass is 9.99. The number of hydrogen-bond donors (Lipinski definition) is 0. The summed E-state index contributed by atoms with van der Waals surface area (Å²) in [5.74, 6) is 0.744. The van der Waals surface area contributed by atoms with Gasteiger partial charge in [0.05, 0.1) is 6.20 Å². The molecular formula is C16H14N2O. The van der Waals surface area contributed by atoms with E-state index in [4.69, 9.17) is 4.52 Å². The van der Waals surface area contributed by atoms with E-state index in [2.05, 4.69) is 35.3 Å². The Labute approximate surface area is 111 Å². The van der Waals surface area contributed by atoms with Crippen molar-refractivity contribution >= 4 is 0 Å². The normalized spacial score (nSPS) is 10.6. The molecule has 0 fully saturated rings. The molecule has 2 heterocycles. The summed E-state index contributed by atoms with van der Waals surface area (Å²) in [5.41, 5.74) is 4.33. The lowest BCUT2D eigenvalue weighted by molar-refractivity contribution is 0.432. The Morgan fingerprint density at radius 1 is 1.05 bits per heavy atom. The van der Waals surface area contributed by atoms with Gasteiger partial charge in [0.25, 0.3) is 0 Å². The summed E-state index contributed by atoms with van der Waals surface area (Å²) in [6.45, 7) is 2.10. The van der Waals surface area contributed by atoms with Crippen molar-refractivity contribution in [3.05, 3.63) is 60.6 Å². The number of benzene rings is 1. The molecule has 0 saturated carbocycles. The Bertz CT molecular complexity index is 660. The summed E-state index contributed by atoms with van der Waals surface area (Å²) in [5, 5.41) is 3.77. The maximum atomic E-state index is 5.27. The summed E-state index contributed by atoms with van der Waals surface area (Å²) < 4.78 is 5.27. The first kappa shape index (κ1) is 11.7. The molecular weight excluding hydrogens is 236 g/mol. The summed E-state index contributed by atoms with van der Waals surface area (Å²) >= 11 is 0. The Morgan fingerprint density at radius 2 is 1.89 bits per heavy atom. The number of aromatic nitrogens is 2. The predicted molar refractivity (Wildman–Crippen MR) is 74.5 cm³/mol. The first-order chi connectivity index (χ1) is 9.38. The Balaban J connectivity index is 2.20. The van der Waals surface area contributed by atoms with Crippen LogP contribution in [0.3, 0.4) is 0 Å². The van der Waals surface area contributed by atoms with E-state index in [1.54, 1.807) is 6.20 Å². The van der Waals surface area contributed by atoms with Gasteiger partial charge in [-0.2, -0.15) is 0 Å². The van der Waals surface area contributed by atoms with E-state index in [9.17, 15) is 0 Å². The van der Waals surface area contributed by atoms with Gasteiger partial charge in [-0.3, -0.25) is 4.98 Å². The van der Waals surface area contributed by atoms with Crippen LogP contribution in [0.25, 0.3) is 22.5 Å². The van der Waals surface area contributed by atoms with Gasteiger partial charge in [0.15, 0.2) is 5.76 Å². The highest BCUT2D eigenvalue weighted by atomic mass is 16.5. The molecule has 0 bridgehead atoms. The van der Waals surface area contributed by atoms with Crippen molar-refractivity contribution in [2.75, 3.05) is 0 Å². The zero-order valence-corrected chi connectivity index (χ0v) is 10.7. The van der Waals surface area contributed by atoms with Crippen LogP contribution in [0.5, 0.6) is 0 Å². The van der Waals surface area contributed by atoms with Crippen LogP contribution in [-0.2, 0) is 6.42 Å². The highest BCUT2D eigenvalue weighted by molar-refractivity contribution is 5.80. The van der Waals surface area contributed by atoms with Crippen LogP contribution in [0, 0.1) is 0 Å². The third kappa shape index (κ3) is 2.27. The number of pyridine rings is 1. The summed E-state index contributed by atoms with van der Waals surface area (Å²) in [6, 6.07) is 14.2. The van der Waals surface area contributed by atoms with E-state index < -0.39 is 0 Å². The maximum absolute atomic E-state index is 5.27. The van der Waals surface area contributed by atoms with Gasteiger partial charge in [-0.05, 0) is 23.6 Å². The van der Waals surface area contributed by atoms with Crippen molar-refractivity contribution < 1.29 is 4.52 Å². The van der Waals surface area contributed by atoms with Gasteiger partial charge < -0.3 is 4.52 Å². The topological polar surface area (TPSA) is 38.9 Å². The molecule has 0 aliphatic heterocycles. The Morgan fingerprint density at radius 3 is 2.58 bits per heavy atom. The van der Waals surface area contributed by atoms with Gasteiger partial charge in [0.2, 0.25) is 0 Å². The molecule has 3 aromatic rings. The third-order valence-electron chi connectivity index (χ3n) is 3.11. The summed E-state index contributed by atoms with van der Waals surface area (Å²) in [4.78, 5) is 4.45. The highest BCUT2D eigenvalue weighted by Crippen LogP contribution is 2.31. The fourth-order valence-corrected chi connectivity index (χ4v) is 2.10. The van der Waals surface area contributed by atoms with Gasteiger partial charge in [-0.15, -0.1) is 0 Å². The molecule has 3 heteroatoms. The first-order valence-electron chi connectivity index (χ1n) is 6.34. The zero-order chi connectivity index (χ0) is 13.1. The molecule has 2 aromatic heterocycles. The average Bonchev–Trinajstić information content (AvgIpc) is 3.01. The molecule has 3 rings (SSSR count). The highest BCUT2D eigenvalue weighted by Gasteiger charge is 2.11. The summed E-state index contributed by atoms with van der Waals surface area (Å²) in [6.07, 6.45) is 4.43. The quantitative estimate of drug-likeness (QED) is 0.706. The van der Waals surface area contributed by atoms with E-state index >= 15 is 0 Å². The van der Waals surface area contributed by atoms with Crippen molar-refractivity contribution in [2.45, 2.75) is 13.3 Å². The zero-order valence-electron chi connectivity index (χ0n) is 10.7. The van der Waals surface area contributed by atoms with Gasteiger partial charge >= 0.3 is 0 Å². The fraction of sp³-hybridized carbons (Fsp3) is 0.125. The molecule has 0 N–H and O–H groups in total. The fourth-order valence-electron chi connectivity index (χ4n) is 2.10. The van der Waals surface area contributed by atoms with Crippen LogP contribution in [0.15, 0.2) is 59.4 Å². The number of hydrogen-bond acceptors (Lipinski definition) is 3. The second-order valence-corrected chi connectivity index (χ2v) is 4.32. The van der Waals surface area contributed by atoms with E-state index in [0.717, 1.165) is 34.6 Å². The smallest absolute Gasteiger partial charge is 0.168 e. The third-order valence-corrected chi connectivity index (χ3v) is 3.11. The number of rotatable bonds is 3. The largest absolute Gasteiger partial charge is 0.356 e. The van der Waals surface area contributed by atoms with Crippen LogP contribution >= 0.6 is 0 Å². The van der Waals surface area contributed by atoms with Crippen LogP contribution in [0.1, 0.15) is 12.6 Å². The minimum absolute atomic E-state index is 0.744. The van der Waals surface area contributed by atoms with Crippen LogP contribution in [0.4, 0.5) is 0 Å². The molecule has 0 aliphatic carbocycles. The van der Waals surface area contributed by atoms with Crippen LogP contribution in [0.2, 0.25) is 0 Å². The predicted octanol–water partition coefficient (Wildman–Crippen LogP) is 3.97. The van der Waals surface area contributed by atoms with E-state index in [0.29, 0.717) is 0 Å². The number of nitrogens with zero attached hydrogens (tertiary/aromatic N) is 2. The summed E-state index contributed by atoms with van der Waals surface area (Å²) in [7, 11) is 0. The van der Waals surface area contributed by atoms with Crippen molar-refractivity contribution in [3.8, 4) is 22.5 Å². The van der Waals surface area contributed by atoms with E-state index in [1.165, 1.54) is 0 Å². The Kier molecular flexibility index (Phi) is 3.11. The SMILES string of the molecule is CCc1cc(-c2ccccc2)c(-c2ccno2)cn1. The molecule has 0 spiro atoms. The molecule has 19 heavy (non-hydrogen) atoms. The van der Waals surface area contributed by atoms with E-state index in [1.807, 2.05) is 30.5 Å². The second-order valence-electron chi connectivity index (χ2n) is 4.32. The van der Waals surface area contributed by atoms with Gasteiger partial charge in [-0.1, -0.05) is 42.4 Å².